The van der Waals surface area contributed by atoms with Crippen molar-refractivity contribution in [3.05, 3.63) is 18.0 Å². The molecule has 0 aliphatic heterocycles. The van der Waals surface area contributed by atoms with Gasteiger partial charge in [-0.25, -0.2) is 0 Å². The molecule has 3 nitrogen and oxygen atoms in total. The maximum Gasteiger partial charge on any atom is 0.0670 e. The zero-order valence-electron chi connectivity index (χ0n) is 8.82. The fourth-order valence-electron chi connectivity index (χ4n) is 2.26. The minimum Gasteiger partial charge on any atom is -0.326 e. The predicted octanol–water partition coefficient (Wildman–Crippen LogP) is 2.02. The van der Waals surface area contributed by atoms with Crippen molar-refractivity contribution in [1.82, 2.24) is 9.78 Å². The van der Waals surface area contributed by atoms with E-state index in [2.05, 4.69) is 22.0 Å². The third kappa shape index (κ3) is 1.98. The number of rotatable bonds is 1. The molecule has 0 amide bonds. The van der Waals surface area contributed by atoms with Crippen molar-refractivity contribution in [3.8, 4) is 0 Å². The maximum atomic E-state index is 6.16. The minimum absolute atomic E-state index is 0.289. The van der Waals surface area contributed by atoms with Crippen molar-refractivity contribution in [3.63, 3.8) is 0 Å². The van der Waals surface area contributed by atoms with Gasteiger partial charge in [0.1, 0.15) is 0 Å². The summed E-state index contributed by atoms with van der Waals surface area (Å²) in [6, 6.07) is 2.76. The highest BCUT2D eigenvalue weighted by atomic mass is 15.3. The van der Waals surface area contributed by atoms with E-state index in [0.29, 0.717) is 6.04 Å². The van der Waals surface area contributed by atoms with E-state index in [9.17, 15) is 0 Å². The lowest BCUT2D eigenvalue weighted by atomic mass is 10.0. The highest BCUT2D eigenvalue weighted by molar-refractivity contribution is 4.97. The number of aromatic nitrogens is 2. The van der Waals surface area contributed by atoms with Gasteiger partial charge in [0.25, 0.3) is 0 Å². The molecule has 1 aromatic rings. The molecule has 1 aliphatic rings. The molecule has 0 spiro atoms. The molecule has 0 saturated heterocycles. The summed E-state index contributed by atoms with van der Waals surface area (Å²) >= 11 is 0. The highest BCUT2D eigenvalue weighted by Gasteiger charge is 2.22. The molecular formula is C11H19N3. The first-order chi connectivity index (χ1) is 6.77. The van der Waals surface area contributed by atoms with Gasteiger partial charge in [0.15, 0.2) is 0 Å². The van der Waals surface area contributed by atoms with E-state index in [1.54, 1.807) is 0 Å². The molecule has 1 fully saturated rings. The smallest absolute Gasteiger partial charge is 0.0670 e. The largest absolute Gasteiger partial charge is 0.326 e. The zero-order valence-corrected chi connectivity index (χ0v) is 8.82. The van der Waals surface area contributed by atoms with Crippen LogP contribution in [0.2, 0.25) is 0 Å². The monoisotopic (exact) mass is 193 g/mol. The van der Waals surface area contributed by atoms with Crippen LogP contribution in [0.3, 0.4) is 0 Å². The lowest BCUT2D eigenvalue weighted by Gasteiger charge is -2.21. The Kier molecular flexibility index (Phi) is 2.87. The van der Waals surface area contributed by atoms with E-state index in [0.717, 1.165) is 12.1 Å². The first-order valence-electron chi connectivity index (χ1n) is 5.55. The number of nitrogens with zero attached hydrogens (tertiary/aromatic N) is 2. The summed E-state index contributed by atoms with van der Waals surface area (Å²) in [7, 11) is 0. The van der Waals surface area contributed by atoms with Gasteiger partial charge >= 0.3 is 0 Å². The second-order valence-corrected chi connectivity index (χ2v) is 4.31. The fourth-order valence-corrected chi connectivity index (χ4v) is 2.26. The standard InChI is InChI=1S/C11H19N3/c1-9-7-8-14(13-9)11-6-4-2-3-5-10(11)12/h7-8,10-11H,2-6,12H2,1H3. The first-order valence-corrected chi connectivity index (χ1v) is 5.55. The van der Waals surface area contributed by atoms with Crippen molar-refractivity contribution in [2.45, 2.75) is 51.1 Å². The molecule has 0 aromatic carbocycles. The van der Waals surface area contributed by atoms with E-state index < -0.39 is 0 Å². The maximum absolute atomic E-state index is 6.16. The zero-order chi connectivity index (χ0) is 9.97. The van der Waals surface area contributed by atoms with E-state index in [1.165, 1.54) is 25.7 Å². The Balaban J connectivity index is 2.14. The van der Waals surface area contributed by atoms with Gasteiger partial charge in [-0.1, -0.05) is 19.3 Å². The Morgan fingerprint density at radius 3 is 2.86 bits per heavy atom. The third-order valence-corrected chi connectivity index (χ3v) is 3.11. The van der Waals surface area contributed by atoms with E-state index >= 15 is 0 Å². The molecule has 2 rings (SSSR count). The summed E-state index contributed by atoms with van der Waals surface area (Å²) in [6.45, 7) is 2.03. The average Bonchev–Trinajstić information content (AvgIpc) is 2.46. The summed E-state index contributed by atoms with van der Waals surface area (Å²) in [5.74, 6) is 0. The van der Waals surface area contributed by atoms with Crippen molar-refractivity contribution in [1.29, 1.82) is 0 Å². The van der Waals surface area contributed by atoms with Crippen LogP contribution in [0.5, 0.6) is 0 Å². The molecule has 0 bridgehead atoms. The van der Waals surface area contributed by atoms with Gasteiger partial charge < -0.3 is 5.73 Å². The van der Waals surface area contributed by atoms with Crippen LogP contribution in [-0.2, 0) is 0 Å². The van der Waals surface area contributed by atoms with Crippen LogP contribution >= 0.6 is 0 Å². The van der Waals surface area contributed by atoms with Gasteiger partial charge in [0, 0.05) is 12.2 Å². The van der Waals surface area contributed by atoms with Crippen LogP contribution in [0.4, 0.5) is 0 Å². The van der Waals surface area contributed by atoms with Gasteiger partial charge in [0.05, 0.1) is 11.7 Å². The van der Waals surface area contributed by atoms with Crippen LogP contribution < -0.4 is 5.73 Å². The summed E-state index contributed by atoms with van der Waals surface area (Å²) < 4.78 is 2.06. The van der Waals surface area contributed by atoms with E-state index in [1.807, 2.05) is 6.92 Å². The van der Waals surface area contributed by atoms with E-state index in [4.69, 9.17) is 5.73 Å². The molecular weight excluding hydrogens is 174 g/mol. The van der Waals surface area contributed by atoms with Gasteiger partial charge in [0.2, 0.25) is 0 Å². The predicted molar refractivity (Wildman–Crippen MR) is 57.1 cm³/mol. The van der Waals surface area contributed by atoms with Crippen molar-refractivity contribution < 1.29 is 0 Å². The normalized spacial score (nSPS) is 28.7. The van der Waals surface area contributed by atoms with Crippen LogP contribution in [0.15, 0.2) is 12.3 Å². The number of hydrogen-bond acceptors (Lipinski definition) is 2. The molecule has 2 unspecified atom stereocenters. The van der Waals surface area contributed by atoms with Crippen molar-refractivity contribution >= 4 is 0 Å². The van der Waals surface area contributed by atoms with Crippen LogP contribution in [-0.4, -0.2) is 15.8 Å². The molecule has 3 heteroatoms. The number of hydrogen-bond donors (Lipinski definition) is 1. The van der Waals surface area contributed by atoms with Crippen LogP contribution in [0.25, 0.3) is 0 Å². The Hall–Kier alpha value is -0.830. The van der Waals surface area contributed by atoms with Gasteiger partial charge in [-0.15, -0.1) is 0 Å². The minimum atomic E-state index is 0.289. The van der Waals surface area contributed by atoms with Crippen LogP contribution in [0.1, 0.15) is 43.8 Å². The molecule has 1 aromatic heterocycles. The Morgan fingerprint density at radius 1 is 1.36 bits per heavy atom. The third-order valence-electron chi connectivity index (χ3n) is 3.11. The fraction of sp³-hybridized carbons (Fsp3) is 0.727. The molecule has 1 saturated carbocycles. The summed E-state index contributed by atoms with van der Waals surface area (Å²) in [5.41, 5.74) is 7.24. The molecule has 2 atom stereocenters. The van der Waals surface area contributed by atoms with Crippen LogP contribution in [0, 0.1) is 6.92 Å². The average molecular weight is 193 g/mol. The van der Waals surface area contributed by atoms with Gasteiger partial charge in [-0.2, -0.15) is 5.10 Å². The van der Waals surface area contributed by atoms with Crippen molar-refractivity contribution in [2.24, 2.45) is 5.73 Å². The topological polar surface area (TPSA) is 43.8 Å². The SMILES string of the molecule is Cc1ccn(C2CCCCCC2N)n1. The molecule has 78 valence electrons. The highest BCUT2D eigenvalue weighted by Crippen LogP contribution is 2.25. The molecule has 14 heavy (non-hydrogen) atoms. The Morgan fingerprint density at radius 2 is 2.14 bits per heavy atom. The van der Waals surface area contributed by atoms with Gasteiger partial charge in [-0.3, -0.25) is 4.68 Å². The molecule has 1 heterocycles. The Bertz CT molecular complexity index is 292. The Labute approximate surface area is 85.3 Å². The molecule has 1 aliphatic carbocycles. The second-order valence-electron chi connectivity index (χ2n) is 4.31. The quantitative estimate of drug-likeness (QED) is 0.693. The summed E-state index contributed by atoms with van der Waals surface area (Å²) in [5, 5.41) is 4.46. The lowest BCUT2D eigenvalue weighted by Crippen LogP contribution is -2.31. The number of nitrogens with two attached hydrogens (primary N) is 1. The summed E-state index contributed by atoms with van der Waals surface area (Å²) in [6.07, 6.45) is 8.27. The first kappa shape index (κ1) is 9.71. The number of aryl methyl sites for hydroxylation is 1. The summed E-state index contributed by atoms with van der Waals surface area (Å²) in [4.78, 5) is 0. The van der Waals surface area contributed by atoms with Crippen molar-refractivity contribution in [2.75, 3.05) is 0 Å². The van der Waals surface area contributed by atoms with E-state index in [-0.39, 0.29) is 6.04 Å². The van der Waals surface area contributed by atoms with Gasteiger partial charge in [-0.05, 0) is 25.8 Å². The molecule has 0 radical (unpaired) electrons. The lowest BCUT2D eigenvalue weighted by molar-refractivity contribution is 0.357. The molecule has 2 N–H and O–H groups in total. The second kappa shape index (κ2) is 4.13.